The maximum atomic E-state index is 6.01. The van der Waals surface area contributed by atoms with Crippen molar-refractivity contribution in [2.75, 3.05) is 26.7 Å². The van der Waals surface area contributed by atoms with Crippen LogP contribution in [-0.2, 0) is 13.5 Å². The summed E-state index contributed by atoms with van der Waals surface area (Å²) in [5.74, 6) is 2.35. The van der Waals surface area contributed by atoms with Gasteiger partial charge >= 0.3 is 0 Å². The number of ether oxygens (including phenoxy) is 1. The number of halogens is 2. The summed E-state index contributed by atoms with van der Waals surface area (Å²) >= 11 is 6.01. The monoisotopic (exact) mass is 517 g/mol. The molecule has 1 saturated heterocycles. The van der Waals surface area contributed by atoms with E-state index in [1.807, 2.05) is 56.2 Å². The maximum absolute atomic E-state index is 6.01. The van der Waals surface area contributed by atoms with Crippen LogP contribution in [0, 0.1) is 5.92 Å². The van der Waals surface area contributed by atoms with Gasteiger partial charge in [0.05, 0.1) is 12.7 Å². The number of aromatic nitrogens is 2. The van der Waals surface area contributed by atoms with Crippen LogP contribution in [0.25, 0.3) is 0 Å². The summed E-state index contributed by atoms with van der Waals surface area (Å²) in [4.78, 5) is 6.77. The van der Waals surface area contributed by atoms with Crippen molar-refractivity contribution >= 4 is 41.5 Å². The molecular formula is C20H29ClIN5O. The lowest BCUT2D eigenvalue weighted by molar-refractivity contribution is 0.222. The second kappa shape index (κ2) is 10.9. The molecule has 1 aromatic heterocycles. The molecule has 2 atom stereocenters. The summed E-state index contributed by atoms with van der Waals surface area (Å²) < 4.78 is 7.79. The van der Waals surface area contributed by atoms with E-state index in [4.69, 9.17) is 16.3 Å². The van der Waals surface area contributed by atoms with Crippen molar-refractivity contribution in [3.63, 3.8) is 0 Å². The first-order chi connectivity index (χ1) is 13.0. The molecule has 2 aromatic rings. The molecule has 3 rings (SSSR count). The van der Waals surface area contributed by atoms with Crippen LogP contribution < -0.4 is 10.1 Å². The van der Waals surface area contributed by atoms with Crippen molar-refractivity contribution in [3.8, 4) is 5.75 Å². The first-order valence-electron chi connectivity index (χ1n) is 9.39. The Hall–Kier alpha value is -1.48. The van der Waals surface area contributed by atoms with E-state index in [-0.39, 0.29) is 30.1 Å². The summed E-state index contributed by atoms with van der Waals surface area (Å²) in [6, 6.07) is 7.48. The van der Waals surface area contributed by atoms with Gasteiger partial charge in [-0.2, -0.15) is 5.10 Å². The van der Waals surface area contributed by atoms with Crippen LogP contribution in [0.5, 0.6) is 5.75 Å². The lowest BCUT2D eigenvalue weighted by Gasteiger charge is -2.23. The fourth-order valence-corrected chi connectivity index (χ4v) is 3.66. The molecule has 28 heavy (non-hydrogen) atoms. The van der Waals surface area contributed by atoms with E-state index in [2.05, 4.69) is 26.5 Å². The number of hydrogen-bond acceptors (Lipinski definition) is 3. The lowest BCUT2D eigenvalue weighted by Crippen LogP contribution is -2.43. The molecule has 0 saturated carbocycles. The number of hydrogen-bond donors (Lipinski definition) is 1. The van der Waals surface area contributed by atoms with E-state index in [0.29, 0.717) is 17.5 Å². The molecule has 0 radical (unpaired) electrons. The summed E-state index contributed by atoms with van der Waals surface area (Å²) in [5.41, 5.74) is 1.30. The Morgan fingerprint density at radius 2 is 2.29 bits per heavy atom. The molecule has 8 heteroatoms. The second-order valence-electron chi connectivity index (χ2n) is 7.14. The van der Waals surface area contributed by atoms with E-state index in [9.17, 15) is 0 Å². The number of aliphatic imine (C=N–C) groups is 1. The summed E-state index contributed by atoms with van der Waals surface area (Å²) in [5, 5.41) is 8.38. The average molecular weight is 518 g/mol. The predicted molar refractivity (Wildman–Crippen MR) is 125 cm³/mol. The number of rotatable bonds is 6. The highest BCUT2D eigenvalue weighted by Crippen LogP contribution is 2.21. The molecule has 2 unspecified atom stereocenters. The molecule has 0 bridgehead atoms. The van der Waals surface area contributed by atoms with Crippen molar-refractivity contribution in [1.82, 2.24) is 20.0 Å². The Labute approximate surface area is 189 Å². The zero-order valence-electron chi connectivity index (χ0n) is 16.6. The number of aryl methyl sites for hydroxylation is 1. The Morgan fingerprint density at radius 1 is 1.46 bits per heavy atom. The third kappa shape index (κ3) is 6.55. The molecule has 0 spiro atoms. The van der Waals surface area contributed by atoms with Gasteiger partial charge in [0.15, 0.2) is 5.96 Å². The second-order valence-corrected chi connectivity index (χ2v) is 7.58. The molecule has 154 valence electrons. The van der Waals surface area contributed by atoms with Crippen LogP contribution in [0.15, 0.2) is 41.7 Å². The topological polar surface area (TPSA) is 54.7 Å². The molecular weight excluding hydrogens is 489 g/mol. The standard InChI is InChI=1S/C20H28ClN5O.HI/c1-15(27-19-6-4-5-18(21)10-19)11-23-20(22-2)26-8-7-16(14-26)9-17-12-24-25(3)13-17;/h4-6,10,12-13,15-16H,7-9,11,14H2,1-3H3,(H,22,23);1H. The van der Waals surface area contributed by atoms with Gasteiger partial charge in [-0.3, -0.25) is 9.67 Å². The van der Waals surface area contributed by atoms with Crippen LogP contribution in [0.4, 0.5) is 0 Å². The fourth-order valence-electron chi connectivity index (χ4n) is 3.48. The number of nitrogens with one attached hydrogen (secondary N) is 1. The maximum Gasteiger partial charge on any atom is 0.193 e. The highest BCUT2D eigenvalue weighted by Gasteiger charge is 2.25. The molecule has 1 aliphatic heterocycles. The van der Waals surface area contributed by atoms with E-state index >= 15 is 0 Å². The molecule has 2 heterocycles. The van der Waals surface area contributed by atoms with Gasteiger partial charge in [-0.25, -0.2) is 0 Å². The van der Waals surface area contributed by atoms with Gasteiger partial charge < -0.3 is 15.0 Å². The normalized spacial score (nSPS) is 17.9. The summed E-state index contributed by atoms with van der Waals surface area (Å²) in [7, 11) is 3.79. The molecule has 1 aromatic carbocycles. The minimum atomic E-state index is 0. The first-order valence-corrected chi connectivity index (χ1v) is 9.76. The quantitative estimate of drug-likeness (QED) is 0.361. The van der Waals surface area contributed by atoms with Gasteiger partial charge in [0.25, 0.3) is 0 Å². The molecule has 1 aliphatic rings. The van der Waals surface area contributed by atoms with Crippen LogP contribution >= 0.6 is 35.6 Å². The first kappa shape index (κ1) is 22.8. The highest BCUT2D eigenvalue weighted by atomic mass is 127. The predicted octanol–water partition coefficient (Wildman–Crippen LogP) is 3.60. The minimum absolute atomic E-state index is 0. The van der Waals surface area contributed by atoms with E-state index < -0.39 is 0 Å². The van der Waals surface area contributed by atoms with E-state index in [0.717, 1.165) is 31.2 Å². The molecule has 0 aliphatic carbocycles. The third-order valence-electron chi connectivity index (χ3n) is 4.76. The zero-order valence-corrected chi connectivity index (χ0v) is 19.7. The van der Waals surface area contributed by atoms with Gasteiger partial charge in [-0.1, -0.05) is 17.7 Å². The smallest absolute Gasteiger partial charge is 0.193 e. The Kier molecular flexibility index (Phi) is 8.88. The number of likely N-dealkylation sites (tertiary alicyclic amines) is 1. The summed E-state index contributed by atoms with van der Waals surface area (Å²) in [6.07, 6.45) is 6.31. The Balaban J connectivity index is 0.00000280. The van der Waals surface area contributed by atoms with Gasteiger partial charge in [-0.15, -0.1) is 24.0 Å². The minimum Gasteiger partial charge on any atom is -0.489 e. The Bertz CT molecular complexity index is 781. The van der Waals surface area contributed by atoms with Crippen molar-refractivity contribution in [1.29, 1.82) is 0 Å². The SMILES string of the molecule is CN=C(NCC(C)Oc1cccc(Cl)c1)N1CCC(Cc2cnn(C)c2)C1.I. The molecule has 6 nitrogen and oxygen atoms in total. The van der Waals surface area contributed by atoms with Crippen molar-refractivity contribution < 1.29 is 4.74 Å². The van der Waals surface area contributed by atoms with Gasteiger partial charge in [0.1, 0.15) is 11.9 Å². The fraction of sp³-hybridized carbons (Fsp3) is 0.500. The van der Waals surface area contributed by atoms with Crippen molar-refractivity contribution in [2.45, 2.75) is 25.9 Å². The van der Waals surface area contributed by atoms with E-state index in [1.165, 1.54) is 12.0 Å². The Morgan fingerprint density at radius 3 is 2.96 bits per heavy atom. The van der Waals surface area contributed by atoms with Gasteiger partial charge in [0.2, 0.25) is 0 Å². The highest BCUT2D eigenvalue weighted by molar-refractivity contribution is 14.0. The average Bonchev–Trinajstić information content (AvgIpc) is 3.25. The summed E-state index contributed by atoms with van der Waals surface area (Å²) in [6.45, 7) is 4.76. The van der Waals surface area contributed by atoms with Crippen molar-refractivity contribution in [2.24, 2.45) is 18.0 Å². The zero-order chi connectivity index (χ0) is 19.2. The largest absolute Gasteiger partial charge is 0.489 e. The van der Waals surface area contributed by atoms with Crippen LogP contribution in [0.3, 0.4) is 0 Å². The molecule has 0 amide bonds. The third-order valence-corrected chi connectivity index (χ3v) is 5.00. The molecule has 1 N–H and O–H groups in total. The number of nitrogens with zero attached hydrogens (tertiary/aromatic N) is 4. The number of benzene rings is 1. The lowest BCUT2D eigenvalue weighted by atomic mass is 10.0. The van der Waals surface area contributed by atoms with Crippen LogP contribution in [-0.4, -0.2) is 53.4 Å². The number of guanidine groups is 1. The van der Waals surface area contributed by atoms with Gasteiger partial charge in [-0.05, 0) is 49.4 Å². The van der Waals surface area contributed by atoms with Crippen LogP contribution in [0.1, 0.15) is 18.9 Å². The van der Waals surface area contributed by atoms with Crippen LogP contribution in [0.2, 0.25) is 5.02 Å². The molecule has 1 fully saturated rings. The van der Waals surface area contributed by atoms with E-state index in [1.54, 1.807) is 0 Å². The van der Waals surface area contributed by atoms with Crippen molar-refractivity contribution in [3.05, 3.63) is 47.2 Å². The van der Waals surface area contributed by atoms with Gasteiger partial charge in [0, 0.05) is 38.4 Å².